The summed E-state index contributed by atoms with van der Waals surface area (Å²) in [4.78, 5) is 13.1. The highest BCUT2D eigenvalue weighted by Gasteiger charge is 2.25. The van der Waals surface area contributed by atoms with Crippen LogP contribution in [0.5, 0.6) is 0 Å². The van der Waals surface area contributed by atoms with E-state index in [9.17, 15) is 0 Å². The van der Waals surface area contributed by atoms with E-state index in [0.29, 0.717) is 28.5 Å². The van der Waals surface area contributed by atoms with E-state index >= 15 is 0 Å². The van der Waals surface area contributed by atoms with Crippen LogP contribution in [0.3, 0.4) is 0 Å². The highest BCUT2D eigenvalue weighted by atomic mass is 15.4. The molecule has 0 aliphatic heterocycles. The molecular weight excluding hydrogens is 406 g/mol. The summed E-state index contributed by atoms with van der Waals surface area (Å²) in [6, 6.07) is -0.184. The molecule has 0 radical (unpaired) electrons. The number of nitrogen functional groups attached to an aromatic ring is 1. The fraction of sp³-hybridized carbons (Fsp3) is 0.381. The lowest BCUT2D eigenvalue weighted by Crippen LogP contribution is -2.18. The van der Waals surface area contributed by atoms with E-state index in [1.165, 1.54) is 25.6 Å². The number of anilines is 1. The van der Waals surface area contributed by atoms with Gasteiger partial charge < -0.3 is 5.73 Å². The molecule has 1 aliphatic rings. The zero-order valence-electron chi connectivity index (χ0n) is 17.9. The van der Waals surface area contributed by atoms with Crippen molar-refractivity contribution in [3.8, 4) is 11.3 Å². The third kappa shape index (κ3) is 2.84. The van der Waals surface area contributed by atoms with Crippen LogP contribution in [0.1, 0.15) is 37.9 Å². The fourth-order valence-electron chi connectivity index (χ4n) is 4.36. The second-order valence-corrected chi connectivity index (χ2v) is 8.48. The van der Waals surface area contributed by atoms with E-state index in [4.69, 9.17) is 10.8 Å². The van der Waals surface area contributed by atoms with Crippen molar-refractivity contribution in [3.05, 3.63) is 36.8 Å². The summed E-state index contributed by atoms with van der Waals surface area (Å²) in [5, 5.41) is 19.7. The quantitative estimate of drug-likeness (QED) is 0.450. The van der Waals surface area contributed by atoms with Gasteiger partial charge in [0.05, 0.1) is 35.5 Å². The molecule has 6 rings (SSSR count). The Morgan fingerprint density at radius 2 is 2.06 bits per heavy atom. The van der Waals surface area contributed by atoms with Crippen LogP contribution in [0.2, 0.25) is 0 Å². The maximum absolute atomic E-state index is 6.30. The summed E-state index contributed by atoms with van der Waals surface area (Å²) in [6.45, 7) is 2.95. The standard InChI is InChI=1S/C21H23N11/c1-12(16-10-31(29-27-16)9-13-4-3-5-13)32-21-18(20(22)24-11-25-21)19(28-32)15-6-23-8-17-14(15)7-26-30(17)2/h6-8,10-13H,3-5,9H2,1-2H3,(H2,22,24,25). The minimum absolute atomic E-state index is 0.184. The molecule has 1 fully saturated rings. The highest BCUT2D eigenvalue weighted by Crippen LogP contribution is 2.35. The van der Waals surface area contributed by atoms with Gasteiger partial charge in [0.2, 0.25) is 0 Å². The molecule has 5 aromatic heterocycles. The molecule has 0 spiro atoms. The summed E-state index contributed by atoms with van der Waals surface area (Å²) < 4.78 is 5.56. The van der Waals surface area contributed by atoms with Crippen LogP contribution in [0.15, 0.2) is 31.1 Å². The Morgan fingerprint density at radius 3 is 2.88 bits per heavy atom. The molecule has 5 aromatic rings. The van der Waals surface area contributed by atoms with Gasteiger partial charge in [-0.05, 0) is 25.7 Å². The van der Waals surface area contributed by atoms with Crippen molar-refractivity contribution in [1.82, 2.24) is 49.5 Å². The normalized spacial score (nSPS) is 15.4. The molecule has 11 heteroatoms. The summed E-state index contributed by atoms with van der Waals surface area (Å²) >= 11 is 0. The van der Waals surface area contributed by atoms with Gasteiger partial charge in [0.1, 0.15) is 23.5 Å². The van der Waals surface area contributed by atoms with Gasteiger partial charge in [0.15, 0.2) is 5.65 Å². The third-order valence-corrected chi connectivity index (χ3v) is 6.47. The van der Waals surface area contributed by atoms with Crippen molar-refractivity contribution in [2.75, 3.05) is 5.73 Å². The molecule has 0 aromatic carbocycles. The van der Waals surface area contributed by atoms with Crippen LogP contribution in [0, 0.1) is 5.92 Å². The van der Waals surface area contributed by atoms with E-state index in [1.807, 2.05) is 35.7 Å². The highest BCUT2D eigenvalue weighted by molar-refractivity contribution is 6.04. The molecule has 32 heavy (non-hydrogen) atoms. The lowest BCUT2D eigenvalue weighted by molar-refractivity contribution is 0.264. The summed E-state index contributed by atoms with van der Waals surface area (Å²) in [6.07, 6.45) is 12.7. The zero-order chi connectivity index (χ0) is 21.8. The number of rotatable bonds is 5. The fourth-order valence-corrected chi connectivity index (χ4v) is 4.36. The van der Waals surface area contributed by atoms with Crippen LogP contribution in [-0.2, 0) is 13.6 Å². The Labute approximate surface area is 183 Å². The largest absolute Gasteiger partial charge is 0.383 e. The van der Waals surface area contributed by atoms with E-state index < -0.39 is 0 Å². The molecule has 1 unspecified atom stereocenters. The van der Waals surface area contributed by atoms with Crippen molar-refractivity contribution < 1.29 is 0 Å². The summed E-state index contributed by atoms with van der Waals surface area (Å²) in [7, 11) is 1.89. The molecule has 1 atom stereocenters. The molecule has 0 amide bonds. The van der Waals surface area contributed by atoms with Crippen molar-refractivity contribution in [2.24, 2.45) is 13.0 Å². The first-order chi connectivity index (χ1) is 15.6. The topological polar surface area (TPSA) is 131 Å². The Bertz CT molecular complexity index is 1440. The summed E-state index contributed by atoms with van der Waals surface area (Å²) in [5.74, 6) is 1.08. The lowest BCUT2D eigenvalue weighted by atomic mass is 9.85. The Hall–Kier alpha value is -3.89. The van der Waals surface area contributed by atoms with Gasteiger partial charge in [-0.2, -0.15) is 10.2 Å². The summed E-state index contributed by atoms with van der Waals surface area (Å²) in [5.41, 5.74) is 10.2. The molecule has 11 nitrogen and oxygen atoms in total. The molecule has 5 heterocycles. The number of nitrogens with zero attached hydrogens (tertiary/aromatic N) is 10. The third-order valence-electron chi connectivity index (χ3n) is 6.47. The molecule has 0 bridgehead atoms. The molecule has 0 saturated heterocycles. The number of nitrogens with two attached hydrogens (primary N) is 1. The second-order valence-electron chi connectivity index (χ2n) is 8.48. The molecular formula is C21H23N11. The van der Waals surface area contributed by atoms with E-state index in [0.717, 1.165) is 28.7 Å². The van der Waals surface area contributed by atoms with Crippen LogP contribution >= 0.6 is 0 Å². The van der Waals surface area contributed by atoms with Crippen LogP contribution < -0.4 is 5.73 Å². The monoisotopic (exact) mass is 429 g/mol. The van der Waals surface area contributed by atoms with E-state index in [2.05, 4.69) is 30.4 Å². The Morgan fingerprint density at radius 1 is 1.19 bits per heavy atom. The number of aromatic nitrogens is 10. The maximum Gasteiger partial charge on any atom is 0.164 e. The first-order valence-electron chi connectivity index (χ1n) is 10.7. The van der Waals surface area contributed by atoms with E-state index in [1.54, 1.807) is 17.1 Å². The first kappa shape index (κ1) is 18.8. The van der Waals surface area contributed by atoms with Gasteiger partial charge in [-0.25, -0.2) is 14.6 Å². The maximum atomic E-state index is 6.30. The number of fused-ring (bicyclic) bond motifs is 2. The second kappa shape index (κ2) is 7.08. The SMILES string of the molecule is CC(c1cn(CC2CCC2)nn1)n1nc(-c2cncc3c2cnn3C)c2c(N)ncnc21. The van der Waals surface area contributed by atoms with Crippen LogP contribution in [-0.4, -0.2) is 49.5 Å². The van der Waals surface area contributed by atoms with Crippen molar-refractivity contribution in [2.45, 2.75) is 38.8 Å². The van der Waals surface area contributed by atoms with Gasteiger partial charge in [-0.1, -0.05) is 11.6 Å². The van der Waals surface area contributed by atoms with Crippen LogP contribution in [0.4, 0.5) is 5.82 Å². The number of aryl methyl sites for hydroxylation is 1. The molecule has 162 valence electrons. The smallest absolute Gasteiger partial charge is 0.164 e. The molecule has 2 N–H and O–H groups in total. The predicted octanol–water partition coefficient (Wildman–Crippen LogP) is 2.36. The Kier molecular flexibility index (Phi) is 4.17. The number of pyridine rings is 1. The molecule has 1 saturated carbocycles. The predicted molar refractivity (Wildman–Crippen MR) is 118 cm³/mol. The van der Waals surface area contributed by atoms with Crippen molar-refractivity contribution in [3.63, 3.8) is 0 Å². The van der Waals surface area contributed by atoms with Crippen molar-refractivity contribution >= 4 is 27.8 Å². The number of hydrogen-bond donors (Lipinski definition) is 1. The average molecular weight is 429 g/mol. The lowest BCUT2D eigenvalue weighted by Gasteiger charge is -2.24. The van der Waals surface area contributed by atoms with Gasteiger partial charge >= 0.3 is 0 Å². The first-order valence-corrected chi connectivity index (χ1v) is 10.7. The minimum Gasteiger partial charge on any atom is -0.383 e. The van der Waals surface area contributed by atoms with Gasteiger partial charge in [0.25, 0.3) is 0 Å². The van der Waals surface area contributed by atoms with Crippen molar-refractivity contribution in [1.29, 1.82) is 0 Å². The van der Waals surface area contributed by atoms with E-state index in [-0.39, 0.29) is 6.04 Å². The van der Waals surface area contributed by atoms with Gasteiger partial charge in [-0.3, -0.25) is 14.3 Å². The number of hydrogen-bond acceptors (Lipinski definition) is 8. The van der Waals surface area contributed by atoms with Crippen LogP contribution in [0.25, 0.3) is 33.2 Å². The van der Waals surface area contributed by atoms with Gasteiger partial charge in [-0.15, -0.1) is 5.10 Å². The van der Waals surface area contributed by atoms with Gasteiger partial charge in [0, 0.05) is 30.7 Å². The zero-order valence-corrected chi connectivity index (χ0v) is 17.9. The minimum atomic E-state index is -0.184. The molecule has 1 aliphatic carbocycles. The Balaban J connectivity index is 1.48. The average Bonchev–Trinajstić information content (AvgIpc) is 3.48.